The van der Waals surface area contributed by atoms with Gasteiger partial charge < -0.3 is 29.9 Å². The van der Waals surface area contributed by atoms with E-state index in [4.69, 9.17) is 35.6 Å². The van der Waals surface area contributed by atoms with Gasteiger partial charge in [-0.1, -0.05) is 18.2 Å². The second-order valence-corrected chi connectivity index (χ2v) is 10.9. The maximum Gasteiger partial charge on any atom is 0.459 e. The predicted molar refractivity (Wildman–Crippen MR) is 143 cm³/mol. The van der Waals surface area contributed by atoms with Crippen molar-refractivity contribution in [3.63, 3.8) is 0 Å². The highest BCUT2D eigenvalue weighted by Crippen LogP contribution is 2.49. The molecule has 1 fully saturated rings. The quantitative estimate of drug-likeness (QED) is 0.0969. The number of aliphatic hydroxyl groups is 2. The van der Waals surface area contributed by atoms with Gasteiger partial charge in [-0.15, -0.1) is 0 Å². The van der Waals surface area contributed by atoms with Gasteiger partial charge in [0.2, 0.25) is 0 Å². The summed E-state index contributed by atoms with van der Waals surface area (Å²) in [5.41, 5.74) is 4.40. The summed E-state index contributed by atoms with van der Waals surface area (Å²) < 4.78 is 42.4. The summed E-state index contributed by atoms with van der Waals surface area (Å²) in [5, 5.41) is 28.4. The lowest BCUT2D eigenvalue weighted by Crippen LogP contribution is -2.45. The van der Waals surface area contributed by atoms with Crippen molar-refractivity contribution in [1.29, 1.82) is 0 Å². The molecule has 0 bridgehead atoms. The molecule has 41 heavy (non-hydrogen) atoms. The molecule has 16 heteroatoms. The van der Waals surface area contributed by atoms with Gasteiger partial charge in [-0.05, 0) is 31.2 Å². The molecule has 6 atom stereocenters. The van der Waals surface area contributed by atoms with E-state index in [9.17, 15) is 19.6 Å². The molecule has 0 unspecified atom stereocenters. The average molecular weight is 591 g/mol. The van der Waals surface area contributed by atoms with Gasteiger partial charge in [0, 0.05) is 20.1 Å². The first kappa shape index (κ1) is 30.4. The third-order valence-corrected chi connectivity index (χ3v) is 7.89. The van der Waals surface area contributed by atoms with Gasteiger partial charge >= 0.3 is 19.4 Å². The summed E-state index contributed by atoms with van der Waals surface area (Å²) in [6.07, 6.45) is -2.94. The Bertz CT molecular complexity index is 1430. The largest absolute Gasteiger partial charge is 0.464 e. The van der Waals surface area contributed by atoms with Gasteiger partial charge in [-0.25, -0.2) is 20.6 Å². The monoisotopic (exact) mass is 590 g/mol. The number of esters is 1. The summed E-state index contributed by atoms with van der Waals surface area (Å²) >= 11 is 0. The molecular weight excluding hydrogens is 559 g/mol. The van der Waals surface area contributed by atoms with Gasteiger partial charge in [-0.3, -0.25) is 18.9 Å². The maximum absolute atomic E-state index is 13.9. The second-order valence-electron chi connectivity index (χ2n) is 9.17. The van der Waals surface area contributed by atoms with Crippen LogP contribution in [0.1, 0.15) is 25.1 Å². The van der Waals surface area contributed by atoms with Crippen LogP contribution in [0.4, 0.5) is 5.82 Å². The number of ether oxygens (including phenoxy) is 3. The molecule has 0 amide bonds. The van der Waals surface area contributed by atoms with Crippen molar-refractivity contribution in [1.82, 2.24) is 19.7 Å². The van der Waals surface area contributed by atoms with Crippen molar-refractivity contribution < 1.29 is 42.8 Å². The van der Waals surface area contributed by atoms with E-state index in [2.05, 4.69) is 20.0 Å². The number of methoxy groups -OCH3 is 1. The second kappa shape index (κ2) is 12.9. The Morgan fingerprint density at radius 1 is 1.29 bits per heavy atom. The standard InChI is InChI=1S/C25H31N6O9P/c1-16(24(34)37-13-7-12-36-3)30-41(35,40-17-8-5-4-6-9-17)38-14-25(27-2)22(33)20(32)21(39-25)18-10-11-19-23(26)28-15-29-31(18)19/h4-6,8-11,15-16,20-22,32-33H,7,12-14H2,1,3H3,(H,30,35)(H2,26,28,29)/t16-,20-,21-,22-,25+,41-/m0/s1. The summed E-state index contributed by atoms with van der Waals surface area (Å²) in [7, 11) is -2.89. The minimum atomic E-state index is -4.41. The minimum absolute atomic E-state index is 0.0779. The Balaban J connectivity index is 1.54. The average Bonchev–Trinajstić information content (AvgIpc) is 3.50. The van der Waals surface area contributed by atoms with E-state index in [1.54, 1.807) is 30.3 Å². The van der Waals surface area contributed by atoms with E-state index in [0.717, 1.165) is 0 Å². The minimum Gasteiger partial charge on any atom is -0.464 e. The number of nitrogens with one attached hydrogen (secondary N) is 1. The van der Waals surface area contributed by atoms with E-state index < -0.39 is 50.4 Å². The highest BCUT2D eigenvalue weighted by molar-refractivity contribution is 7.52. The number of benzene rings is 1. The SMILES string of the molecule is [C-]#[N+][C@]1(CO[P@@](=O)(N[C@@H](C)C(=O)OCCCOC)Oc2ccccc2)O[C@@H](c2ccc3c(N)ncnn23)[C@H](O)[C@@H]1O. The first-order valence-corrected chi connectivity index (χ1v) is 14.1. The van der Waals surface area contributed by atoms with Crippen molar-refractivity contribution in [3.05, 3.63) is 65.9 Å². The van der Waals surface area contributed by atoms with Gasteiger partial charge in [0.15, 0.2) is 18.5 Å². The number of rotatable bonds is 13. The molecule has 0 spiro atoms. The molecule has 0 saturated carbocycles. The Kier molecular flexibility index (Phi) is 9.57. The molecule has 1 saturated heterocycles. The molecule has 2 aromatic heterocycles. The molecule has 0 radical (unpaired) electrons. The topological polar surface area (TPSA) is 193 Å². The third kappa shape index (κ3) is 6.66. The van der Waals surface area contributed by atoms with Crippen LogP contribution in [-0.4, -0.2) is 81.7 Å². The fourth-order valence-electron chi connectivity index (χ4n) is 4.14. The molecular formula is C25H31N6O9P. The molecule has 4 rings (SSSR count). The lowest BCUT2D eigenvalue weighted by Gasteiger charge is -2.25. The normalized spacial score (nSPS) is 24.4. The van der Waals surface area contributed by atoms with Crippen molar-refractivity contribution >= 4 is 25.1 Å². The summed E-state index contributed by atoms with van der Waals surface area (Å²) in [5.74, 6) is -0.408. The molecule has 3 aromatic rings. The van der Waals surface area contributed by atoms with Crippen LogP contribution >= 0.6 is 7.75 Å². The first-order valence-electron chi connectivity index (χ1n) is 12.6. The van der Waals surface area contributed by atoms with E-state index in [1.165, 1.54) is 37.0 Å². The summed E-state index contributed by atoms with van der Waals surface area (Å²) in [6, 6.07) is 10.0. The number of fused-ring (bicyclic) bond motifs is 1. The number of hydrogen-bond donors (Lipinski definition) is 4. The molecule has 220 valence electrons. The van der Waals surface area contributed by atoms with E-state index in [0.29, 0.717) is 18.5 Å². The lowest BCUT2D eigenvalue weighted by molar-refractivity contribution is -0.145. The van der Waals surface area contributed by atoms with Crippen LogP contribution in [-0.2, 0) is 28.1 Å². The zero-order valence-corrected chi connectivity index (χ0v) is 23.2. The van der Waals surface area contributed by atoms with Gasteiger partial charge in [0.1, 0.15) is 35.8 Å². The van der Waals surface area contributed by atoms with Crippen LogP contribution in [0.2, 0.25) is 0 Å². The summed E-state index contributed by atoms with van der Waals surface area (Å²) in [4.78, 5) is 19.8. The lowest BCUT2D eigenvalue weighted by atomic mass is 10.0. The number of nitrogen functional groups attached to an aromatic ring is 1. The first-order chi connectivity index (χ1) is 19.6. The number of carbonyl (C=O) groups excluding carboxylic acids is 1. The molecule has 1 aromatic carbocycles. The van der Waals surface area contributed by atoms with Crippen LogP contribution in [0.15, 0.2) is 48.8 Å². The van der Waals surface area contributed by atoms with Crippen LogP contribution in [0, 0.1) is 6.57 Å². The highest BCUT2D eigenvalue weighted by Gasteiger charge is 2.62. The predicted octanol–water partition coefficient (Wildman–Crippen LogP) is 1.48. The van der Waals surface area contributed by atoms with Gasteiger partial charge in [-0.2, -0.15) is 10.2 Å². The van der Waals surface area contributed by atoms with Crippen molar-refractivity contribution in [2.45, 2.75) is 43.4 Å². The number of anilines is 1. The number of para-hydroxylation sites is 1. The third-order valence-electron chi connectivity index (χ3n) is 6.27. The summed E-state index contributed by atoms with van der Waals surface area (Å²) in [6.45, 7) is 8.85. The van der Waals surface area contributed by atoms with Crippen LogP contribution in [0.5, 0.6) is 5.75 Å². The van der Waals surface area contributed by atoms with Crippen LogP contribution < -0.4 is 15.3 Å². The number of nitrogens with zero attached hydrogens (tertiary/aromatic N) is 4. The Hall–Kier alpha value is -3.61. The molecule has 0 aliphatic carbocycles. The fourth-order valence-corrected chi connectivity index (χ4v) is 5.65. The fraction of sp³-hybridized carbons (Fsp3) is 0.440. The molecule has 1 aliphatic heterocycles. The maximum atomic E-state index is 13.9. The Labute approximate surface area is 235 Å². The molecule has 1 aliphatic rings. The van der Waals surface area contributed by atoms with E-state index in [-0.39, 0.29) is 23.9 Å². The van der Waals surface area contributed by atoms with Crippen molar-refractivity contribution in [2.24, 2.45) is 0 Å². The van der Waals surface area contributed by atoms with Crippen LogP contribution in [0.25, 0.3) is 10.4 Å². The smallest absolute Gasteiger partial charge is 0.459 e. The van der Waals surface area contributed by atoms with Crippen molar-refractivity contribution in [2.75, 3.05) is 32.7 Å². The zero-order valence-electron chi connectivity index (χ0n) is 22.3. The Morgan fingerprint density at radius 2 is 2.05 bits per heavy atom. The van der Waals surface area contributed by atoms with Crippen molar-refractivity contribution in [3.8, 4) is 5.75 Å². The van der Waals surface area contributed by atoms with E-state index >= 15 is 0 Å². The van der Waals surface area contributed by atoms with E-state index in [1.807, 2.05) is 0 Å². The highest BCUT2D eigenvalue weighted by atomic mass is 31.2. The van der Waals surface area contributed by atoms with Gasteiger partial charge in [0.25, 0.3) is 0 Å². The molecule has 15 nitrogen and oxygen atoms in total. The number of aromatic nitrogens is 3. The number of aliphatic hydroxyl groups excluding tert-OH is 2. The molecule has 5 N–H and O–H groups in total. The number of hydrogen-bond acceptors (Lipinski definition) is 12. The van der Waals surface area contributed by atoms with Gasteiger partial charge in [0.05, 0.1) is 12.3 Å². The molecule has 3 heterocycles. The number of nitrogens with two attached hydrogens (primary N) is 1. The zero-order chi connectivity index (χ0) is 29.6. The van der Waals surface area contributed by atoms with Crippen LogP contribution in [0.3, 0.4) is 0 Å². The Morgan fingerprint density at radius 3 is 2.76 bits per heavy atom. The number of carbonyl (C=O) groups is 1.